The van der Waals surface area contributed by atoms with Gasteiger partial charge in [0.05, 0.1) is 5.71 Å². The third-order valence-corrected chi connectivity index (χ3v) is 2.33. The minimum absolute atomic E-state index is 0.778. The number of rotatable bonds is 9. The molecule has 16 heavy (non-hydrogen) atoms. The predicted octanol–water partition coefficient (Wildman–Crippen LogP) is 2.50. The fourth-order valence-corrected chi connectivity index (χ4v) is 1.46. The number of nitrogens with zero attached hydrogens (tertiary/aromatic N) is 1. The average Bonchev–Trinajstić information content (AvgIpc) is 2.34. The molecule has 0 fully saturated rings. The second-order valence-corrected chi connectivity index (χ2v) is 3.75. The van der Waals surface area contributed by atoms with Gasteiger partial charge in [-0.3, -0.25) is 0 Å². The molecule has 0 spiro atoms. The lowest BCUT2D eigenvalue weighted by Gasteiger charge is -2.07. The summed E-state index contributed by atoms with van der Waals surface area (Å²) >= 11 is 0. The number of ether oxygens (including phenoxy) is 2. The van der Waals surface area contributed by atoms with E-state index in [0.29, 0.717) is 0 Å². The highest BCUT2D eigenvalue weighted by Crippen LogP contribution is 2.06. The molecular formula is C12H21NO3. The highest BCUT2D eigenvalue weighted by atomic mass is 16.6. The molecule has 1 aliphatic heterocycles. The number of methoxy groups -OCH3 is 1. The Labute approximate surface area is 97.2 Å². The van der Waals surface area contributed by atoms with Crippen molar-refractivity contribution in [1.82, 2.24) is 0 Å². The van der Waals surface area contributed by atoms with Gasteiger partial charge in [-0.1, -0.05) is 5.16 Å². The summed E-state index contributed by atoms with van der Waals surface area (Å²) in [6.07, 6.45) is 8.71. The van der Waals surface area contributed by atoms with E-state index in [1.165, 1.54) is 0 Å². The Bertz CT molecular complexity index is 226. The lowest BCUT2D eigenvalue weighted by Crippen LogP contribution is -2.03. The van der Waals surface area contributed by atoms with Crippen LogP contribution in [0.4, 0.5) is 0 Å². The Hall–Kier alpha value is -0.870. The molecule has 4 heteroatoms. The Balaban J connectivity index is 1.83. The summed E-state index contributed by atoms with van der Waals surface area (Å²) in [6, 6.07) is 0. The van der Waals surface area contributed by atoms with E-state index >= 15 is 0 Å². The zero-order chi connectivity index (χ0) is 11.5. The quantitative estimate of drug-likeness (QED) is 0.568. The molecule has 0 radical (unpaired) electrons. The molecule has 1 rings (SSSR count). The van der Waals surface area contributed by atoms with Crippen molar-refractivity contribution in [1.29, 1.82) is 0 Å². The van der Waals surface area contributed by atoms with Gasteiger partial charge in [0.2, 0.25) is 0 Å². The third-order valence-electron chi connectivity index (χ3n) is 2.33. The van der Waals surface area contributed by atoms with E-state index in [9.17, 15) is 0 Å². The number of allylic oxidation sites excluding steroid dienone is 1. The number of hydrogen-bond donors (Lipinski definition) is 0. The van der Waals surface area contributed by atoms with Gasteiger partial charge in [0, 0.05) is 33.4 Å². The smallest absolute Gasteiger partial charge is 0.118 e. The molecule has 0 atom stereocenters. The van der Waals surface area contributed by atoms with Crippen LogP contribution in [0.15, 0.2) is 17.5 Å². The maximum atomic E-state index is 5.46. The lowest BCUT2D eigenvalue weighted by atomic mass is 10.1. The lowest BCUT2D eigenvalue weighted by molar-refractivity contribution is 0.101. The molecule has 0 aliphatic carbocycles. The number of hydrogen-bond acceptors (Lipinski definition) is 4. The highest BCUT2D eigenvalue weighted by Gasteiger charge is 2.01. The van der Waals surface area contributed by atoms with Gasteiger partial charge in [-0.05, 0) is 31.8 Å². The van der Waals surface area contributed by atoms with Crippen molar-refractivity contribution in [3.63, 3.8) is 0 Å². The van der Waals surface area contributed by atoms with Crippen LogP contribution in [-0.2, 0) is 14.3 Å². The van der Waals surface area contributed by atoms with Crippen LogP contribution in [0.2, 0.25) is 0 Å². The molecule has 92 valence electrons. The van der Waals surface area contributed by atoms with Crippen molar-refractivity contribution in [3.05, 3.63) is 12.3 Å². The standard InChI is InChI=1S/C12H21NO3/c1-14-8-5-10-15-9-3-2-6-12-7-4-11-16-13-12/h4,11H,2-3,5-10H2,1H3. The van der Waals surface area contributed by atoms with Crippen molar-refractivity contribution >= 4 is 5.71 Å². The van der Waals surface area contributed by atoms with Crippen LogP contribution in [0.3, 0.4) is 0 Å². The molecule has 4 nitrogen and oxygen atoms in total. The van der Waals surface area contributed by atoms with E-state index in [2.05, 4.69) is 5.16 Å². The summed E-state index contributed by atoms with van der Waals surface area (Å²) in [5, 5.41) is 3.96. The largest absolute Gasteiger partial charge is 0.385 e. The van der Waals surface area contributed by atoms with Gasteiger partial charge in [0.15, 0.2) is 0 Å². The molecule has 0 unspecified atom stereocenters. The SMILES string of the molecule is COCCCOCCCCC1=NOC=CC1. The van der Waals surface area contributed by atoms with Crippen molar-refractivity contribution < 1.29 is 14.3 Å². The first kappa shape index (κ1) is 13.2. The van der Waals surface area contributed by atoms with E-state index in [1.807, 2.05) is 6.08 Å². The van der Waals surface area contributed by atoms with Gasteiger partial charge in [-0.2, -0.15) is 0 Å². The van der Waals surface area contributed by atoms with Gasteiger partial charge in [0.25, 0.3) is 0 Å². The van der Waals surface area contributed by atoms with Crippen LogP contribution >= 0.6 is 0 Å². The number of unbranched alkanes of at least 4 members (excludes halogenated alkanes) is 1. The third kappa shape index (κ3) is 6.58. The minimum Gasteiger partial charge on any atom is -0.385 e. The minimum atomic E-state index is 0.778. The summed E-state index contributed by atoms with van der Waals surface area (Å²) in [7, 11) is 1.71. The summed E-state index contributed by atoms with van der Waals surface area (Å²) < 4.78 is 10.4. The zero-order valence-corrected chi connectivity index (χ0v) is 9.98. The second-order valence-electron chi connectivity index (χ2n) is 3.75. The van der Waals surface area contributed by atoms with Crippen LogP contribution < -0.4 is 0 Å². The number of oxime groups is 1. The zero-order valence-electron chi connectivity index (χ0n) is 9.98. The van der Waals surface area contributed by atoms with Gasteiger partial charge >= 0.3 is 0 Å². The van der Waals surface area contributed by atoms with Crippen LogP contribution in [0.25, 0.3) is 0 Å². The first-order valence-corrected chi connectivity index (χ1v) is 5.86. The summed E-state index contributed by atoms with van der Waals surface area (Å²) in [6.45, 7) is 2.40. The van der Waals surface area contributed by atoms with E-state index in [-0.39, 0.29) is 0 Å². The topological polar surface area (TPSA) is 40.0 Å². The molecular weight excluding hydrogens is 206 g/mol. The van der Waals surface area contributed by atoms with Crippen LogP contribution in [0.5, 0.6) is 0 Å². The Morgan fingerprint density at radius 1 is 1.25 bits per heavy atom. The first-order valence-electron chi connectivity index (χ1n) is 5.86. The molecule has 0 amide bonds. The van der Waals surface area contributed by atoms with Gasteiger partial charge in [-0.25, -0.2) is 0 Å². The van der Waals surface area contributed by atoms with E-state index in [0.717, 1.165) is 57.6 Å². The maximum Gasteiger partial charge on any atom is 0.118 e. The Morgan fingerprint density at radius 3 is 2.88 bits per heavy atom. The van der Waals surface area contributed by atoms with E-state index in [1.54, 1.807) is 13.4 Å². The van der Waals surface area contributed by atoms with Gasteiger partial charge in [0.1, 0.15) is 6.26 Å². The Kier molecular flexibility index (Phi) is 7.72. The van der Waals surface area contributed by atoms with Crippen molar-refractivity contribution in [2.24, 2.45) is 5.16 Å². The molecule has 0 aromatic rings. The van der Waals surface area contributed by atoms with Gasteiger partial charge < -0.3 is 14.3 Å². The van der Waals surface area contributed by atoms with Crippen LogP contribution in [-0.4, -0.2) is 32.6 Å². The van der Waals surface area contributed by atoms with E-state index in [4.69, 9.17) is 14.3 Å². The van der Waals surface area contributed by atoms with Crippen molar-refractivity contribution in [2.45, 2.75) is 32.1 Å². The van der Waals surface area contributed by atoms with Crippen molar-refractivity contribution in [3.8, 4) is 0 Å². The Morgan fingerprint density at radius 2 is 2.12 bits per heavy atom. The molecule has 0 N–H and O–H groups in total. The molecule has 1 aliphatic rings. The van der Waals surface area contributed by atoms with Gasteiger partial charge in [-0.15, -0.1) is 0 Å². The fourth-order valence-electron chi connectivity index (χ4n) is 1.46. The van der Waals surface area contributed by atoms with Crippen LogP contribution in [0, 0.1) is 0 Å². The molecule has 1 heterocycles. The second kappa shape index (κ2) is 9.36. The molecule has 0 bridgehead atoms. The summed E-state index contributed by atoms with van der Waals surface area (Å²) in [5.74, 6) is 0. The average molecular weight is 227 g/mol. The molecule has 0 aromatic heterocycles. The maximum absolute atomic E-state index is 5.46. The fraction of sp³-hybridized carbons (Fsp3) is 0.750. The highest BCUT2D eigenvalue weighted by molar-refractivity contribution is 5.85. The molecule has 0 saturated heterocycles. The van der Waals surface area contributed by atoms with Crippen LogP contribution in [0.1, 0.15) is 32.1 Å². The predicted molar refractivity (Wildman–Crippen MR) is 63.4 cm³/mol. The normalized spacial score (nSPS) is 14.7. The summed E-state index contributed by atoms with van der Waals surface area (Å²) in [4.78, 5) is 4.87. The van der Waals surface area contributed by atoms with Crippen molar-refractivity contribution in [2.75, 3.05) is 26.9 Å². The molecule has 0 aromatic carbocycles. The monoisotopic (exact) mass is 227 g/mol. The molecule has 0 saturated carbocycles. The summed E-state index contributed by atoms with van der Waals surface area (Å²) in [5.41, 5.74) is 1.13. The first-order chi connectivity index (χ1) is 7.93. The van der Waals surface area contributed by atoms with E-state index < -0.39 is 0 Å².